The molecule has 2 rings (SSSR count). The highest BCUT2D eigenvalue weighted by Crippen LogP contribution is 2.30. The summed E-state index contributed by atoms with van der Waals surface area (Å²) in [6.45, 7) is 1.82. The number of piperidine rings is 1. The summed E-state index contributed by atoms with van der Waals surface area (Å²) in [4.78, 5) is 2.35. The van der Waals surface area contributed by atoms with Gasteiger partial charge in [0, 0.05) is 16.5 Å². The molecule has 0 aromatic heterocycles. The van der Waals surface area contributed by atoms with Crippen LogP contribution in [0.2, 0.25) is 0 Å². The predicted molar refractivity (Wildman–Crippen MR) is 56.5 cm³/mol. The molecule has 0 spiro atoms. The topological polar surface area (TPSA) is 3.24 Å². The van der Waals surface area contributed by atoms with Crippen molar-refractivity contribution in [1.82, 2.24) is 4.90 Å². The van der Waals surface area contributed by atoms with Crippen molar-refractivity contribution in [1.29, 1.82) is 0 Å². The van der Waals surface area contributed by atoms with Gasteiger partial charge in [-0.05, 0) is 25.8 Å². The molecule has 0 aromatic carbocycles. The normalized spacial score (nSPS) is 39.5. The van der Waals surface area contributed by atoms with E-state index in [9.17, 15) is 4.39 Å². The van der Waals surface area contributed by atoms with E-state index >= 15 is 0 Å². The molecule has 2 atom stereocenters. The van der Waals surface area contributed by atoms with Crippen LogP contribution in [0.3, 0.4) is 0 Å². The van der Waals surface area contributed by atoms with Crippen molar-refractivity contribution in [2.75, 3.05) is 13.1 Å². The fourth-order valence-electron chi connectivity index (χ4n) is 1.98. The zero-order chi connectivity index (χ0) is 8.55. The van der Waals surface area contributed by atoms with Crippen molar-refractivity contribution in [2.24, 2.45) is 0 Å². The van der Waals surface area contributed by atoms with Gasteiger partial charge in [0.2, 0.25) is 0 Å². The lowest BCUT2D eigenvalue weighted by atomic mass is 9.90. The van der Waals surface area contributed by atoms with Gasteiger partial charge in [0.15, 0.2) is 0 Å². The Kier molecular flexibility index (Phi) is 2.89. The van der Waals surface area contributed by atoms with Crippen molar-refractivity contribution in [3.05, 3.63) is 0 Å². The molecule has 1 aliphatic heterocycles. The quantitative estimate of drug-likeness (QED) is 0.527. The van der Waals surface area contributed by atoms with Gasteiger partial charge >= 0.3 is 0 Å². The van der Waals surface area contributed by atoms with Crippen LogP contribution in [0.25, 0.3) is 0 Å². The predicted octanol–water partition coefficient (Wildman–Crippen LogP) is 2.39. The van der Waals surface area contributed by atoms with Crippen molar-refractivity contribution in [2.45, 2.75) is 41.8 Å². The Labute approximate surface area is 86.8 Å². The van der Waals surface area contributed by atoms with Crippen LogP contribution in [0, 0.1) is 0 Å². The molecule has 0 unspecified atom stereocenters. The lowest BCUT2D eigenvalue weighted by Gasteiger charge is -2.42. The summed E-state index contributed by atoms with van der Waals surface area (Å²) in [6.07, 6.45) is 4.42. The zero-order valence-corrected chi connectivity index (χ0v) is 9.34. The Morgan fingerprint density at radius 1 is 1.25 bits per heavy atom. The van der Waals surface area contributed by atoms with E-state index in [-0.39, 0.29) is 3.92 Å². The maximum Gasteiger partial charge on any atom is 0.124 e. The van der Waals surface area contributed by atoms with E-state index in [1.165, 1.54) is 19.3 Å². The zero-order valence-electron chi connectivity index (χ0n) is 7.18. The van der Waals surface area contributed by atoms with E-state index in [0.717, 1.165) is 19.0 Å². The maximum atomic E-state index is 13.3. The second-order valence-corrected chi connectivity index (χ2v) is 5.50. The lowest BCUT2D eigenvalue weighted by molar-refractivity contribution is 0.0678. The number of alkyl halides is 2. The van der Waals surface area contributed by atoms with Crippen LogP contribution in [0.15, 0.2) is 0 Å². The number of halogens is 2. The Morgan fingerprint density at radius 2 is 2.00 bits per heavy atom. The Hall–Kier alpha value is 0.620. The molecule has 12 heavy (non-hydrogen) atoms. The van der Waals surface area contributed by atoms with Crippen molar-refractivity contribution in [3.63, 3.8) is 0 Å². The molecule has 1 heterocycles. The van der Waals surface area contributed by atoms with E-state index in [2.05, 4.69) is 27.5 Å². The fraction of sp³-hybridized carbons (Fsp3) is 1.00. The van der Waals surface area contributed by atoms with Gasteiger partial charge in [-0.2, -0.15) is 0 Å². The molecular formula is C9H15FIN. The van der Waals surface area contributed by atoms with Gasteiger partial charge < -0.3 is 0 Å². The van der Waals surface area contributed by atoms with Gasteiger partial charge in [-0.1, -0.05) is 29.0 Å². The van der Waals surface area contributed by atoms with Crippen LogP contribution >= 0.6 is 22.6 Å². The fourth-order valence-corrected chi connectivity index (χ4v) is 2.49. The molecule has 1 saturated carbocycles. The highest BCUT2D eigenvalue weighted by Gasteiger charge is 2.33. The summed E-state index contributed by atoms with van der Waals surface area (Å²) < 4.78 is 13.6. The molecule has 0 aromatic rings. The Balaban J connectivity index is 1.84. The SMILES string of the molecule is F[C@@H]1CN(C2CCC2)CC[C@@H]1I. The highest BCUT2D eigenvalue weighted by molar-refractivity contribution is 14.1. The summed E-state index contributed by atoms with van der Waals surface area (Å²) in [6, 6.07) is 0.729. The second-order valence-electron chi connectivity index (χ2n) is 3.90. The van der Waals surface area contributed by atoms with Crippen LogP contribution in [-0.2, 0) is 0 Å². The first-order valence-corrected chi connectivity index (χ1v) is 6.04. The third-order valence-corrected chi connectivity index (χ3v) is 4.49. The van der Waals surface area contributed by atoms with E-state index in [0.29, 0.717) is 6.54 Å². The van der Waals surface area contributed by atoms with E-state index in [1.807, 2.05) is 0 Å². The molecule has 0 radical (unpaired) electrons. The summed E-state index contributed by atoms with van der Waals surface area (Å²) >= 11 is 2.24. The summed E-state index contributed by atoms with van der Waals surface area (Å²) in [5.74, 6) is 0. The molecule has 1 saturated heterocycles. The Bertz CT molecular complexity index is 161. The third kappa shape index (κ3) is 1.76. The number of hydrogen-bond acceptors (Lipinski definition) is 1. The first kappa shape index (κ1) is 9.19. The smallest absolute Gasteiger partial charge is 0.124 e. The maximum absolute atomic E-state index is 13.3. The average molecular weight is 283 g/mol. The third-order valence-electron chi connectivity index (χ3n) is 3.08. The largest absolute Gasteiger partial charge is 0.297 e. The summed E-state index contributed by atoms with van der Waals surface area (Å²) in [5.41, 5.74) is 0. The van der Waals surface area contributed by atoms with Gasteiger partial charge in [0.05, 0.1) is 0 Å². The molecule has 3 heteroatoms. The average Bonchev–Trinajstić information content (AvgIpc) is 1.93. The summed E-state index contributed by atoms with van der Waals surface area (Å²) in [5, 5.41) is 0. The van der Waals surface area contributed by atoms with Gasteiger partial charge in [-0.3, -0.25) is 4.90 Å². The lowest BCUT2D eigenvalue weighted by Crippen LogP contribution is -2.49. The van der Waals surface area contributed by atoms with Crippen LogP contribution in [0.1, 0.15) is 25.7 Å². The van der Waals surface area contributed by atoms with Crippen molar-refractivity contribution in [3.8, 4) is 0 Å². The second kappa shape index (κ2) is 3.78. The van der Waals surface area contributed by atoms with E-state index in [4.69, 9.17) is 0 Å². The monoisotopic (exact) mass is 283 g/mol. The summed E-state index contributed by atoms with van der Waals surface area (Å²) in [7, 11) is 0. The number of nitrogens with zero attached hydrogens (tertiary/aromatic N) is 1. The van der Waals surface area contributed by atoms with Crippen LogP contribution < -0.4 is 0 Å². The molecule has 2 aliphatic rings. The number of likely N-dealkylation sites (tertiary alicyclic amines) is 1. The highest BCUT2D eigenvalue weighted by atomic mass is 127. The van der Waals surface area contributed by atoms with E-state index < -0.39 is 6.17 Å². The van der Waals surface area contributed by atoms with Gasteiger partial charge in [-0.25, -0.2) is 4.39 Å². The van der Waals surface area contributed by atoms with Crippen molar-refractivity contribution >= 4 is 22.6 Å². The molecule has 0 amide bonds. The molecule has 0 bridgehead atoms. The molecule has 1 nitrogen and oxygen atoms in total. The first-order chi connectivity index (χ1) is 5.77. The van der Waals surface area contributed by atoms with Crippen LogP contribution in [0.5, 0.6) is 0 Å². The number of rotatable bonds is 1. The first-order valence-electron chi connectivity index (χ1n) is 4.79. The molecule has 2 fully saturated rings. The molecule has 0 N–H and O–H groups in total. The van der Waals surface area contributed by atoms with E-state index in [1.54, 1.807) is 0 Å². The van der Waals surface area contributed by atoms with Gasteiger partial charge in [0.25, 0.3) is 0 Å². The molecular weight excluding hydrogens is 268 g/mol. The van der Waals surface area contributed by atoms with Crippen LogP contribution in [0.4, 0.5) is 4.39 Å². The standard InChI is InChI=1S/C9H15FIN/c10-8-6-12(5-4-9(8)11)7-2-1-3-7/h7-9H,1-6H2/t8-,9+/m1/s1. The van der Waals surface area contributed by atoms with Crippen molar-refractivity contribution < 1.29 is 4.39 Å². The molecule has 70 valence electrons. The van der Waals surface area contributed by atoms with Gasteiger partial charge in [0.1, 0.15) is 6.17 Å². The minimum atomic E-state index is -0.583. The minimum absolute atomic E-state index is 0.263. The molecule has 1 aliphatic carbocycles. The Morgan fingerprint density at radius 3 is 2.50 bits per heavy atom. The van der Waals surface area contributed by atoms with Gasteiger partial charge in [-0.15, -0.1) is 0 Å². The van der Waals surface area contributed by atoms with Crippen LogP contribution in [-0.4, -0.2) is 34.1 Å². The number of hydrogen-bond donors (Lipinski definition) is 0. The minimum Gasteiger partial charge on any atom is -0.297 e.